The number of hydrogen-bond acceptors (Lipinski definition) is 6. The first kappa shape index (κ1) is 24.8. The summed E-state index contributed by atoms with van der Waals surface area (Å²) in [6.07, 6.45) is 6.74. The van der Waals surface area contributed by atoms with Crippen LogP contribution < -0.4 is 21.3 Å². The van der Waals surface area contributed by atoms with Gasteiger partial charge in [0.15, 0.2) is 0 Å². The van der Waals surface area contributed by atoms with E-state index in [4.69, 9.17) is 5.73 Å². The van der Waals surface area contributed by atoms with E-state index in [0.717, 1.165) is 25.7 Å². The van der Waals surface area contributed by atoms with Gasteiger partial charge in [0.25, 0.3) is 5.56 Å². The zero-order chi connectivity index (χ0) is 24.2. The molecule has 1 aromatic rings. The topological polar surface area (TPSA) is 136 Å². The van der Waals surface area contributed by atoms with Crippen molar-refractivity contribution in [2.75, 3.05) is 17.0 Å². The van der Waals surface area contributed by atoms with Crippen LogP contribution in [0, 0.1) is 12.8 Å². The molecule has 1 aromatic heterocycles. The van der Waals surface area contributed by atoms with Gasteiger partial charge in [-0.15, -0.1) is 0 Å². The van der Waals surface area contributed by atoms with E-state index in [1.807, 2.05) is 6.92 Å². The number of hydrogen-bond donors (Lipinski definition) is 3. The van der Waals surface area contributed by atoms with Gasteiger partial charge in [0.1, 0.15) is 11.5 Å². The van der Waals surface area contributed by atoms with Crippen LogP contribution in [0.2, 0.25) is 0 Å². The van der Waals surface area contributed by atoms with Crippen LogP contribution in [-0.2, 0) is 14.8 Å². The first-order chi connectivity index (χ1) is 15.6. The summed E-state index contributed by atoms with van der Waals surface area (Å²) in [6.45, 7) is 7.69. The summed E-state index contributed by atoms with van der Waals surface area (Å²) in [4.78, 5) is 28.7. The largest absolute Gasteiger partial charge is 0.382 e. The van der Waals surface area contributed by atoms with Crippen molar-refractivity contribution in [1.82, 2.24) is 9.88 Å². The normalized spacial score (nSPS) is 19.9. The molecular formula is C23H33N5O4S. The number of sulfonamides is 1. The third-order valence-electron chi connectivity index (χ3n) is 6.40. The molecule has 1 amide bonds. The van der Waals surface area contributed by atoms with Crippen LogP contribution in [0.15, 0.2) is 39.6 Å². The smallest absolute Gasteiger partial charge is 0.279 e. The number of carbonyl (C=O) groups excluding carboxylic acids is 1. The predicted molar refractivity (Wildman–Crippen MR) is 132 cm³/mol. The van der Waals surface area contributed by atoms with E-state index in [9.17, 15) is 18.0 Å². The fourth-order valence-corrected chi connectivity index (χ4v) is 5.74. The summed E-state index contributed by atoms with van der Waals surface area (Å²) in [5.74, 6) is 0.509. The van der Waals surface area contributed by atoms with Crippen molar-refractivity contribution in [2.45, 2.75) is 58.4 Å². The lowest BCUT2D eigenvalue weighted by Gasteiger charge is -2.27. The lowest BCUT2D eigenvalue weighted by molar-refractivity contribution is -0.109. The first-order valence-corrected chi connectivity index (χ1v) is 13.0. The molecule has 33 heavy (non-hydrogen) atoms. The van der Waals surface area contributed by atoms with E-state index in [1.165, 1.54) is 17.1 Å². The van der Waals surface area contributed by atoms with E-state index >= 15 is 0 Å². The minimum atomic E-state index is -3.69. The number of nitrogens with one attached hydrogen (secondary N) is 2. The van der Waals surface area contributed by atoms with Crippen LogP contribution in [0.3, 0.4) is 0 Å². The average Bonchev–Trinajstić information content (AvgIpc) is 2.78. The number of carbonyl (C=O) groups is 1. The van der Waals surface area contributed by atoms with Gasteiger partial charge in [-0.1, -0.05) is 38.7 Å². The van der Waals surface area contributed by atoms with Crippen molar-refractivity contribution >= 4 is 33.7 Å². The summed E-state index contributed by atoms with van der Waals surface area (Å²) >= 11 is 0. The Morgan fingerprint density at radius 2 is 1.97 bits per heavy atom. The number of nitrogens with two attached hydrogens (primary N) is 1. The minimum Gasteiger partial charge on any atom is -0.382 e. The maximum Gasteiger partial charge on any atom is 0.279 e. The molecule has 1 fully saturated rings. The number of amides is 1. The zero-order valence-corrected chi connectivity index (χ0v) is 20.1. The van der Waals surface area contributed by atoms with Crippen LogP contribution in [0.25, 0.3) is 5.70 Å². The van der Waals surface area contributed by atoms with Gasteiger partial charge in [-0.05, 0) is 43.9 Å². The summed E-state index contributed by atoms with van der Waals surface area (Å²) < 4.78 is 29.3. The molecule has 10 heteroatoms. The highest BCUT2D eigenvalue weighted by Gasteiger charge is 2.27. The van der Waals surface area contributed by atoms with Gasteiger partial charge in [0.2, 0.25) is 16.4 Å². The highest BCUT2D eigenvalue weighted by atomic mass is 32.2. The van der Waals surface area contributed by atoms with Crippen molar-refractivity contribution in [3.63, 3.8) is 0 Å². The average molecular weight is 476 g/mol. The lowest BCUT2D eigenvalue weighted by Crippen LogP contribution is -2.37. The van der Waals surface area contributed by atoms with Crippen molar-refractivity contribution in [3.8, 4) is 0 Å². The standard InChI is InChI=1S/C23H33N5O4S/c1-15-9-10-20(27-33(31,32)12-11-18-7-5-4-6-8-18)23(30)28(15)21-19(13-25-14-29)16(2)17(3)26-22(21)24/h9-10,14,17-18,27H,2,4-8,11-13H2,1,3H3,(H2,24,26)(H,25,29). The monoisotopic (exact) mass is 475 g/mol. The number of amidine groups is 1. The maximum absolute atomic E-state index is 13.4. The number of rotatable bonds is 9. The summed E-state index contributed by atoms with van der Waals surface area (Å²) in [5.41, 5.74) is 7.64. The number of pyridine rings is 1. The van der Waals surface area contributed by atoms with Gasteiger partial charge in [-0.25, -0.2) is 8.42 Å². The van der Waals surface area contributed by atoms with Crippen LogP contribution in [-0.4, -0.2) is 43.6 Å². The van der Waals surface area contributed by atoms with Gasteiger partial charge in [0.05, 0.1) is 17.5 Å². The lowest BCUT2D eigenvalue weighted by atomic mass is 9.88. The number of aryl methyl sites for hydroxylation is 1. The second-order valence-electron chi connectivity index (χ2n) is 8.78. The number of anilines is 1. The number of aromatic nitrogens is 1. The van der Waals surface area contributed by atoms with E-state index in [1.54, 1.807) is 13.0 Å². The zero-order valence-electron chi connectivity index (χ0n) is 19.3. The van der Waals surface area contributed by atoms with Gasteiger partial charge >= 0.3 is 0 Å². The van der Waals surface area contributed by atoms with Crippen molar-refractivity contribution in [3.05, 3.63) is 45.9 Å². The molecule has 0 saturated heterocycles. The molecule has 2 heterocycles. The molecule has 0 bridgehead atoms. The highest BCUT2D eigenvalue weighted by molar-refractivity contribution is 7.92. The number of nitrogens with zero attached hydrogens (tertiary/aromatic N) is 2. The number of dihydropyridines is 1. The highest BCUT2D eigenvalue weighted by Crippen LogP contribution is 2.28. The van der Waals surface area contributed by atoms with Crippen molar-refractivity contribution in [2.24, 2.45) is 16.6 Å². The Labute approximate surface area is 194 Å². The van der Waals surface area contributed by atoms with E-state index < -0.39 is 15.6 Å². The van der Waals surface area contributed by atoms with Crippen LogP contribution >= 0.6 is 0 Å². The Kier molecular flexibility index (Phi) is 7.78. The Morgan fingerprint density at radius 1 is 1.27 bits per heavy atom. The van der Waals surface area contributed by atoms with Gasteiger partial charge in [0, 0.05) is 17.8 Å². The maximum atomic E-state index is 13.4. The molecule has 1 aliphatic carbocycles. The Hall–Kier alpha value is -2.88. The second-order valence-corrected chi connectivity index (χ2v) is 10.6. The van der Waals surface area contributed by atoms with Crippen LogP contribution in [0.5, 0.6) is 0 Å². The summed E-state index contributed by atoms with van der Waals surface area (Å²) in [7, 11) is -3.69. The molecule has 9 nitrogen and oxygen atoms in total. The van der Waals surface area contributed by atoms with Gasteiger partial charge < -0.3 is 11.1 Å². The predicted octanol–water partition coefficient (Wildman–Crippen LogP) is 2.14. The van der Waals surface area contributed by atoms with E-state index in [0.29, 0.717) is 41.3 Å². The third-order valence-corrected chi connectivity index (χ3v) is 7.71. The van der Waals surface area contributed by atoms with Crippen LogP contribution in [0.1, 0.15) is 51.1 Å². The molecule has 1 unspecified atom stereocenters. The van der Waals surface area contributed by atoms with E-state index in [-0.39, 0.29) is 29.9 Å². The SMILES string of the molecule is C=C1C(CNC=O)=C(n2c(C)ccc(NS(=O)(=O)CCC3CCCCC3)c2=O)C(N)=NC1C. The Morgan fingerprint density at radius 3 is 2.64 bits per heavy atom. The van der Waals surface area contributed by atoms with Crippen molar-refractivity contribution in [1.29, 1.82) is 0 Å². The van der Waals surface area contributed by atoms with Gasteiger partial charge in [-0.2, -0.15) is 0 Å². The molecule has 0 aromatic carbocycles. The summed E-state index contributed by atoms with van der Waals surface area (Å²) in [5, 5.41) is 2.59. The molecule has 3 rings (SSSR count). The molecule has 180 valence electrons. The first-order valence-electron chi connectivity index (χ1n) is 11.3. The van der Waals surface area contributed by atoms with Crippen molar-refractivity contribution < 1.29 is 13.2 Å². The van der Waals surface area contributed by atoms with Crippen LogP contribution in [0.4, 0.5) is 5.69 Å². The fourth-order valence-electron chi connectivity index (χ4n) is 4.50. The fraction of sp³-hybridized carbons (Fsp3) is 0.522. The molecule has 1 atom stereocenters. The summed E-state index contributed by atoms with van der Waals surface area (Å²) in [6, 6.07) is 2.80. The molecule has 1 saturated carbocycles. The quantitative estimate of drug-likeness (QED) is 0.470. The minimum absolute atomic E-state index is 0.0277. The Bertz CT molecular complexity index is 1140. The van der Waals surface area contributed by atoms with Gasteiger partial charge in [-0.3, -0.25) is 23.9 Å². The molecule has 2 aliphatic rings. The third kappa shape index (κ3) is 5.73. The van der Waals surface area contributed by atoms with E-state index in [2.05, 4.69) is 21.6 Å². The molecule has 0 radical (unpaired) electrons. The number of aliphatic imine (C=N–C) groups is 1. The molecule has 4 N–H and O–H groups in total. The second kappa shape index (κ2) is 10.4. The molecule has 0 spiro atoms. The Balaban J connectivity index is 1.95. The molecule has 1 aliphatic heterocycles. The molecular weight excluding hydrogens is 442 g/mol.